The third-order valence-electron chi connectivity index (χ3n) is 9.05. The number of aryl methyl sites for hydroxylation is 2. The molecule has 4 aromatic carbocycles. The number of ether oxygens (including phenoxy) is 2. The van der Waals surface area contributed by atoms with E-state index in [-0.39, 0.29) is 81.2 Å². The number of rotatable bonds is 11. The van der Waals surface area contributed by atoms with Gasteiger partial charge in [0.15, 0.2) is 23.1 Å². The minimum atomic E-state index is -0.746. The maximum Gasteiger partial charge on any atom is 0.252 e. The Hall–Kier alpha value is -7.50. The van der Waals surface area contributed by atoms with Crippen molar-refractivity contribution in [2.45, 2.75) is 13.1 Å². The number of imidazole rings is 2. The van der Waals surface area contributed by atoms with Crippen LogP contribution in [0, 0.1) is 11.6 Å². The van der Waals surface area contributed by atoms with E-state index >= 15 is 8.78 Å². The molecule has 8 rings (SSSR count). The quantitative estimate of drug-likeness (QED) is 0.146. The minimum Gasteiger partial charge on any atom is -0.494 e. The summed E-state index contributed by atoms with van der Waals surface area (Å²) >= 11 is 0. The molecule has 54 heavy (non-hydrogen) atoms. The Morgan fingerprint density at radius 3 is 1.44 bits per heavy atom. The molecule has 0 radical (unpaired) electrons. The first-order chi connectivity index (χ1) is 26.2. The van der Waals surface area contributed by atoms with Gasteiger partial charge in [-0.2, -0.15) is 0 Å². The summed E-state index contributed by atoms with van der Waals surface area (Å²) in [5.41, 5.74) is 13.8. The molecule has 0 aliphatic rings. The van der Waals surface area contributed by atoms with Gasteiger partial charge < -0.3 is 40.0 Å². The van der Waals surface area contributed by atoms with Crippen molar-refractivity contribution >= 4 is 33.9 Å². The lowest BCUT2D eigenvalue weighted by Gasteiger charge is -2.16. The van der Waals surface area contributed by atoms with Crippen LogP contribution in [0.4, 0.5) is 8.78 Å². The Morgan fingerprint density at radius 1 is 0.667 bits per heavy atom. The summed E-state index contributed by atoms with van der Waals surface area (Å²) in [6.07, 6.45) is 2.74. The van der Waals surface area contributed by atoms with E-state index in [1.165, 1.54) is 63.3 Å². The molecule has 4 heterocycles. The lowest BCUT2D eigenvalue weighted by molar-refractivity contribution is 0.0989. The summed E-state index contributed by atoms with van der Waals surface area (Å²) in [6, 6.07) is 15.3. The molecule has 0 unspecified atom stereocenters. The molecule has 270 valence electrons. The number of carbonyl (C=O) groups is 2. The lowest BCUT2D eigenvalue weighted by Crippen LogP contribution is -2.13. The van der Waals surface area contributed by atoms with Crippen LogP contribution in [0.25, 0.3) is 67.6 Å². The largest absolute Gasteiger partial charge is 0.494 e. The number of H-pyrrole nitrogens is 2. The van der Waals surface area contributed by atoms with E-state index in [0.717, 1.165) is 0 Å². The van der Waals surface area contributed by atoms with Gasteiger partial charge in [0.25, 0.3) is 11.8 Å². The number of hydrogen-bond donors (Lipinski definition) is 4. The van der Waals surface area contributed by atoms with Crippen LogP contribution in [-0.2, 0) is 13.1 Å². The van der Waals surface area contributed by atoms with Gasteiger partial charge in [-0.3, -0.25) is 9.59 Å². The monoisotopic (exact) mass is 730 g/mol. The zero-order valence-corrected chi connectivity index (χ0v) is 28.5. The predicted molar refractivity (Wildman–Crippen MR) is 191 cm³/mol. The molecule has 0 fully saturated rings. The van der Waals surface area contributed by atoms with Gasteiger partial charge in [-0.15, -0.1) is 20.4 Å². The van der Waals surface area contributed by atoms with Crippen LogP contribution >= 0.6 is 0 Å². The first kappa shape index (κ1) is 33.6. The number of methoxy groups -OCH3 is 2. The number of nitrogens with two attached hydrogens (primary N) is 2. The first-order valence-electron chi connectivity index (χ1n) is 16.3. The molecule has 0 aliphatic carbocycles. The SMILES string of the molecule is COc1c(C(N)=O)ccc2c1nc(-c1c(F)cccc1-c1nnc[nH]1)n2CCn1c(-c2c(F)cccc2-c2nnc[nH]2)nc2c(OC)c(C(N)=O)ccc21. The molecule has 8 aromatic rings. The normalized spacial score (nSPS) is 11.4. The summed E-state index contributed by atoms with van der Waals surface area (Å²) in [4.78, 5) is 40.4. The van der Waals surface area contributed by atoms with Crippen molar-refractivity contribution in [3.8, 4) is 57.1 Å². The molecule has 0 spiro atoms. The minimum absolute atomic E-state index is 0.0690. The molecule has 0 saturated heterocycles. The topological polar surface area (TPSA) is 223 Å². The number of fused-ring (bicyclic) bond motifs is 2. The maximum absolute atomic E-state index is 16.1. The number of amides is 2. The second-order valence-electron chi connectivity index (χ2n) is 11.9. The molecule has 0 saturated carbocycles. The Balaban J connectivity index is 1.39. The molecule has 6 N–H and O–H groups in total. The zero-order valence-electron chi connectivity index (χ0n) is 28.5. The molecule has 18 heteroatoms. The fourth-order valence-corrected chi connectivity index (χ4v) is 6.74. The van der Waals surface area contributed by atoms with Crippen molar-refractivity contribution in [3.05, 3.63) is 96.1 Å². The number of benzene rings is 4. The van der Waals surface area contributed by atoms with E-state index in [9.17, 15) is 9.59 Å². The van der Waals surface area contributed by atoms with Crippen LogP contribution in [0.5, 0.6) is 11.5 Å². The number of carbonyl (C=O) groups excluding carboxylic acids is 2. The number of halogens is 2. The van der Waals surface area contributed by atoms with Crippen LogP contribution in [-0.4, -0.2) is 75.5 Å². The van der Waals surface area contributed by atoms with E-state index in [1.54, 1.807) is 33.4 Å². The lowest BCUT2D eigenvalue weighted by atomic mass is 10.1. The zero-order chi connectivity index (χ0) is 37.7. The second kappa shape index (κ2) is 13.2. The third kappa shape index (κ3) is 5.35. The molecule has 2 amide bonds. The van der Waals surface area contributed by atoms with E-state index in [0.29, 0.717) is 22.2 Å². The van der Waals surface area contributed by atoms with Crippen molar-refractivity contribution in [1.29, 1.82) is 0 Å². The Kier molecular flexibility index (Phi) is 8.25. The van der Waals surface area contributed by atoms with Crippen molar-refractivity contribution in [2.24, 2.45) is 11.5 Å². The number of primary amides is 2. The van der Waals surface area contributed by atoms with Gasteiger partial charge in [0.1, 0.15) is 47.0 Å². The van der Waals surface area contributed by atoms with Crippen LogP contribution in [0.1, 0.15) is 20.7 Å². The molecule has 0 aliphatic heterocycles. The van der Waals surface area contributed by atoms with Crippen LogP contribution in [0.15, 0.2) is 73.3 Å². The van der Waals surface area contributed by atoms with Gasteiger partial charge in [-0.25, -0.2) is 18.7 Å². The average Bonchev–Trinajstić information content (AvgIpc) is 4.00. The van der Waals surface area contributed by atoms with Crippen molar-refractivity contribution in [3.63, 3.8) is 0 Å². The highest BCUT2D eigenvalue weighted by molar-refractivity contribution is 6.03. The highest BCUT2D eigenvalue weighted by atomic mass is 19.1. The number of nitrogens with zero attached hydrogens (tertiary/aromatic N) is 8. The van der Waals surface area contributed by atoms with E-state index in [2.05, 4.69) is 30.4 Å². The summed E-state index contributed by atoms with van der Waals surface area (Å²) in [7, 11) is 2.75. The molecular formula is C36H28F2N12O4. The second-order valence-corrected chi connectivity index (χ2v) is 11.9. The number of hydrogen-bond acceptors (Lipinski definition) is 10. The predicted octanol–water partition coefficient (Wildman–Crippen LogP) is 4.48. The number of nitrogens with one attached hydrogen (secondary N) is 2. The van der Waals surface area contributed by atoms with E-state index in [1.807, 2.05) is 0 Å². The number of aromatic nitrogens is 10. The van der Waals surface area contributed by atoms with Gasteiger partial charge in [0.2, 0.25) is 0 Å². The maximum atomic E-state index is 16.1. The van der Waals surface area contributed by atoms with Crippen molar-refractivity contribution < 1.29 is 27.8 Å². The highest BCUT2D eigenvalue weighted by Crippen LogP contribution is 2.40. The van der Waals surface area contributed by atoms with E-state index < -0.39 is 23.4 Å². The fourth-order valence-electron chi connectivity index (χ4n) is 6.74. The van der Waals surface area contributed by atoms with Gasteiger partial charge >= 0.3 is 0 Å². The van der Waals surface area contributed by atoms with Gasteiger partial charge in [-0.1, -0.05) is 24.3 Å². The molecule has 0 bridgehead atoms. The fraction of sp³-hybridized carbons (Fsp3) is 0.111. The Labute approximate surface area is 302 Å². The van der Waals surface area contributed by atoms with E-state index in [4.69, 9.17) is 30.9 Å². The smallest absolute Gasteiger partial charge is 0.252 e. The Bertz CT molecular complexity index is 2550. The Morgan fingerprint density at radius 2 is 1.09 bits per heavy atom. The third-order valence-corrected chi connectivity index (χ3v) is 9.05. The van der Waals surface area contributed by atoms with Gasteiger partial charge in [-0.05, 0) is 36.4 Å². The number of aromatic amines is 2. The molecule has 16 nitrogen and oxygen atoms in total. The molecule has 0 atom stereocenters. The van der Waals surface area contributed by atoms with Crippen molar-refractivity contribution in [2.75, 3.05) is 14.2 Å². The summed E-state index contributed by atoms with van der Waals surface area (Å²) in [6.45, 7) is 0.138. The van der Waals surface area contributed by atoms with Gasteiger partial charge in [0, 0.05) is 24.2 Å². The summed E-state index contributed by atoms with van der Waals surface area (Å²) < 4.78 is 47.0. The van der Waals surface area contributed by atoms with Crippen LogP contribution < -0.4 is 20.9 Å². The first-order valence-corrected chi connectivity index (χ1v) is 16.3. The molecule has 4 aromatic heterocycles. The highest BCUT2D eigenvalue weighted by Gasteiger charge is 2.28. The van der Waals surface area contributed by atoms with Crippen LogP contribution in [0.3, 0.4) is 0 Å². The van der Waals surface area contributed by atoms with Crippen LogP contribution in [0.2, 0.25) is 0 Å². The average molecular weight is 731 g/mol. The summed E-state index contributed by atoms with van der Waals surface area (Å²) in [5.74, 6) is -1.65. The standard InChI is InChI=1S/C36H28F2N12O4/c1-53-29-19(31(39)51)9-11-23-27(29)45-35(25-17(5-3-7-21(25)37)33-41-15-43-47-33)49(23)13-14-50-24-12-10-20(32(40)52)30(54-2)28(24)46-36(50)26-18(6-4-8-22(26)38)34-42-16-44-48-34/h3-12,15-16H,13-14H2,1-2H3,(H2,39,51)(H2,40,52)(H,41,43,47)(H,42,44,48). The van der Waals surface area contributed by atoms with Gasteiger partial charge in [0.05, 0.1) is 47.5 Å². The van der Waals surface area contributed by atoms with Crippen molar-refractivity contribution in [1.82, 2.24) is 49.5 Å². The molecular weight excluding hydrogens is 702 g/mol. The summed E-state index contributed by atoms with van der Waals surface area (Å²) in [5, 5.41) is 16.0.